The van der Waals surface area contributed by atoms with Crippen LogP contribution in [0.1, 0.15) is 18.9 Å². The normalized spacial score (nSPS) is 10.9. The van der Waals surface area contributed by atoms with Crippen molar-refractivity contribution >= 4 is 34.3 Å². The molecule has 0 saturated carbocycles. The van der Waals surface area contributed by atoms with E-state index in [0.717, 1.165) is 16.7 Å². The molecule has 0 aliphatic heterocycles. The fourth-order valence-electron chi connectivity index (χ4n) is 2.22. The van der Waals surface area contributed by atoms with Crippen molar-refractivity contribution in [2.45, 2.75) is 20.3 Å². The van der Waals surface area contributed by atoms with Gasteiger partial charge in [0.2, 0.25) is 11.8 Å². The van der Waals surface area contributed by atoms with E-state index in [1.165, 1.54) is 0 Å². The molecule has 0 saturated heterocycles. The molecule has 1 heterocycles. The molecule has 0 radical (unpaired) electrons. The second kappa shape index (κ2) is 5.81. The highest BCUT2D eigenvalue weighted by Gasteiger charge is 2.13. The van der Waals surface area contributed by atoms with Gasteiger partial charge in [0.15, 0.2) is 5.58 Å². The van der Waals surface area contributed by atoms with Crippen LogP contribution in [0.2, 0.25) is 5.02 Å². The Bertz CT molecular complexity index is 855. The van der Waals surface area contributed by atoms with E-state index in [1.54, 1.807) is 25.1 Å². The fraction of sp³-hybridized carbons (Fsp3) is 0.176. The number of carbonyl (C=O) groups is 1. The molecule has 0 aliphatic rings. The SMILES string of the molecule is CCC(=O)Nc1ccc(-c2nc3c(C)cccc3o2)c(Cl)c1. The maximum atomic E-state index is 11.4. The van der Waals surface area contributed by atoms with E-state index < -0.39 is 0 Å². The van der Waals surface area contributed by atoms with Gasteiger partial charge in [0.1, 0.15) is 5.52 Å². The third-order valence-corrected chi connectivity index (χ3v) is 3.74. The molecule has 1 N–H and O–H groups in total. The number of aromatic nitrogens is 1. The Morgan fingerprint density at radius 2 is 2.14 bits per heavy atom. The lowest BCUT2D eigenvalue weighted by atomic mass is 10.2. The number of amides is 1. The molecule has 0 aliphatic carbocycles. The number of oxazole rings is 1. The zero-order valence-electron chi connectivity index (χ0n) is 12.3. The lowest BCUT2D eigenvalue weighted by Crippen LogP contribution is -2.09. The van der Waals surface area contributed by atoms with Gasteiger partial charge in [0.25, 0.3) is 0 Å². The van der Waals surface area contributed by atoms with E-state index in [2.05, 4.69) is 10.3 Å². The van der Waals surface area contributed by atoms with Crippen molar-refractivity contribution in [3.63, 3.8) is 0 Å². The topological polar surface area (TPSA) is 55.1 Å². The minimum atomic E-state index is -0.0543. The number of para-hydroxylation sites is 1. The average molecular weight is 315 g/mol. The van der Waals surface area contributed by atoms with Crippen LogP contribution in [0.3, 0.4) is 0 Å². The van der Waals surface area contributed by atoms with Crippen LogP contribution in [0.5, 0.6) is 0 Å². The van der Waals surface area contributed by atoms with Gasteiger partial charge in [-0.3, -0.25) is 4.79 Å². The Morgan fingerprint density at radius 1 is 1.32 bits per heavy atom. The van der Waals surface area contributed by atoms with Gasteiger partial charge in [-0.1, -0.05) is 30.7 Å². The van der Waals surface area contributed by atoms with Crippen molar-refractivity contribution in [2.75, 3.05) is 5.32 Å². The number of nitrogens with zero attached hydrogens (tertiary/aromatic N) is 1. The summed E-state index contributed by atoms with van der Waals surface area (Å²) < 4.78 is 5.77. The van der Waals surface area contributed by atoms with Gasteiger partial charge < -0.3 is 9.73 Å². The number of fused-ring (bicyclic) bond motifs is 1. The molecule has 1 aromatic heterocycles. The Kier molecular flexibility index (Phi) is 3.86. The van der Waals surface area contributed by atoms with Crippen molar-refractivity contribution in [1.29, 1.82) is 0 Å². The smallest absolute Gasteiger partial charge is 0.228 e. The number of nitrogens with one attached hydrogen (secondary N) is 1. The van der Waals surface area contributed by atoms with Crippen LogP contribution in [-0.2, 0) is 4.79 Å². The molecule has 0 spiro atoms. The van der Waals surface area contributed by atoms with Crippen molar-refractivity contribution in [1.82, 2.24) is 4.98 Å². The summed E-state index contributed by atoms with van der Waals surface area (Å²) in [6.45, 7) is 3.78. The highest BCUT2D eigenvalue weighted by Crippen LogP contribution is 2.32. The summed E-state index contributed by atoms with van der Waals surface area (Å²) in [6, 6.07) is 11.1. The summed E-state index contributed by atoms with van der Waals surface area (Å²) in [4.78, 5) is 15.9. The number of halogens is 1. The summed E-state index contributed by atoms with van der Waals surface area (Å²) in [5.74, 6) is 0.420. The summed E-state index contributed by atoms with van der Waals surface area (Å²) in [5, 5.41) is 3.26. The van der Waals surface area contributed by atoms with Crippen LogP contribution in [0.15, 0.2) is 40.8 Å². The molecule has 0 bridgehead atoms. The van der Waals surface area contributed by atoms with E-state index in [0.29, 0.717) is 28.6 Å². The second-order valence-electron chi connectivity index (χ2n) is 5.04. The largest absolute Gasteiger partial charge is 0.436 e. The molecule has 5 heteroatoms. The molecule has 22 heavy (non-hydrogen) atoms. The third-order valence-electron chi connectivity index (χ3n) is 3.43. The molecule has 0 unspecified atom stereocenters. The molecule has 0 fully saturated rings. The lowest BCUT2D eigenvalue weighted by molar-refractivity contribution is -0.115. The van der Waals surface area contributed by atoms with Gasteiger partial charge in [-0.2, -0.15) is 0 Å². The average Bonchev–Trinajstić information content (AvgIpc) is 2.92. The number of hydrogen-bond donors (Lipinski definition) is 1. The predicted octanol–water partition coefficient (Wildman–Crippen LogP) is 4.81. The molecule has 3 aromatic rings. The standard InChI is InChI=1S/C17H15ClN2O2/c1-3-15(21)19-11-7-8-12(13(18)9-11)17-20-16-10(2)5-4-6-14(16)22-17/h4-9H,3H2,1-2H3,(H,19,21). The minimum absolute atomic E-state index is 0.0543. The zero-order chi connectivity index (χ0) is 15.7. The first kappa shape index (κ1) is 14.6. The summed E-state index contributed by atoms with van der Waals surface area (Å²) in [7, 11) is 0. The van der Waals surface area contributed by atoms with E-state index >= 15 is 0 Å². The zero-order valence-corrected chi connectivity index (χ0v) is 13.1. The first-order chi connectivity index (χ1) is 10.6. The molecule has 0 atom stereocenters. The Morgan fingerprint density at radius 3 is 2.82 bits per heavy atom. The number of carbonyl (C=O) groups excluding carboxylic acids is 1. The number of hydrogen-bond acceptors (Lipinski definition) is 3. The predicted molar refractivity (Wildman–Crippen MR) is 88.1 cm³/mol. The van der Waals surface area contributed by atoms with Crippen molar-refractivity contribution < 1.29 is 9.21 Å². The molecular formula is C17H15ClN2O2. The summed E-state index contributed by atoms with van der Waals surface area (Å²) in [6.07, 6.45) is 0.420. The maximum absolute atomic E-state index is 11.4. The fourth-order valence-corrected chi connectivity index (χ4v) is 2.48. The van der Waals surface area contributed by atoms with Crippen LogP contribution in [0.25, 0.3) is 22.6 Å². The van der Waals surface area contributed by atoms with E-state index in [4.69, 9.17) is 16.0 Å². The van der Waals surface area contributed by atoms with E-state index in [9.17, 15) is 4.79 Å². The number of benzene rings is 2. The molecule has 1 amide bonds. The molecule has 4 nitrogen and oxygen atoms in total. The monoisotopic (exact) mass is 314 g/mol. The quantitative estimate of drug-likeness (QED) is 0.755. The van der Waals surface area contributed by atoms with Crippen LogP contribution in [0.4, 0.5) is 5.69 Å². The Hall–Kier alpha value is -2.33. The highest BCUT2D eigenvalue weighted by molar-refractivity contribution is 6.33. The van der Waals surface area contributed by atoms with Crippen LogP contribution < -0.4 is 5.32 Å². The maximum Gasteiger partial charge on any atom is 0.228 e. The van der Waals surface area contributed by atoms with Crippen LogP contribution >= 0.6 is 11.6 Å². The van der Waals surface area contributed by atoms with Crippen LogP contribution in [-0.4, -0.2) is 10.9 Å². The Labute approximate surface area is 133 Å². The lowest BCUT2D eigenvalue weighted by Gasteiger charge is -2.06. The number of aryl methyl sites for hydroxylation is 1. The van der Waals surface area contributed by atoms with Gasteiger partial charge in [-0.25, -0.2) is 4.98 Å². The molecule has 112 valence electrons. The van der Waals surface area contributed by atoms with Crippen molar-refractivity contribution in [2.24, 2.45) is 0 Å². The number of anilines is 1. The van der Waals surface area contributed by atoms with Crippen molar-refractivity contribution in [3.05, 3.63) is 47.0 Å². The molecule has 2 aromatic carbocycles. The van der Waals surface area contributed by atoms with Gasteiger partial charge in [-0.05, 0) is 36.8 Å². The van der Waals surface area contributed by atoms with Crippen molar-refractivity contribution in [3.8, 4) is 11.5 Å². The van der Waals surface area contributed by atoms with Gasteiger partial charge in [0.05, 0.1) is 10.6 Å². The van der Waals surface area contributed by atoms with Gasteiger partial charge in [-0.15, -0.1) is 0 Å². The first-order valence-electron chi connectivity index (χ1n) is 7.04. The third kappa shape index (κ3) is 2.70. The second-order valence-corrected chi connectivity index (χ2v) is 5.44. The van der Waals surface area contributed by atoms with Gasteiger partial charge in [0, 0.05) is 12.1 Å². The molecule has 3 rings (SSSR count). The molecular weight excluding hydrogens is 300 g/mol. The van der Waals surface area contributed by atoms with E-state index in [1.807, 2.05) is 25.1 Å². The van der Waals surface area contributed by atoms with Crippen LogP contribution in [0, 0.1) is 6.92 Å². The summed E-state index contributed by atoms with van der Waals surface area (Å²) >= 11 is 6.31. The Balaban J connectivity index is 2.00. The summed E-state index contributed by atoms with van der Waals surface area (Å²) in [5.41, 5.74) is 3.97. The van der Waals surface area contributed by atoms with Gasteiger partial charge >= 0.3 is 0 Å². The minimum Gasteiger partial charge on any atom is -0.436 e. The highest BCUT2D eigenvalue weighted by atomic mass is 35.5. The van der Waals surface area contributed by atoms with E-state index in [-0.39, 0.29) is 5.91 Å². The number of rotatable bonds is 3. The first-order valence-corrected chi connectivity index (χ1v) is 7.42.